The second-order valence-corrected chi connectivity index (χ2v) is 6.07. The fourth-order valence-corrected chi connectivity index (χ4v) is 3.10. The Morgan fingerprint density at radius 1 is 1.29 bits per heavy atom. The molecule has 5 nitrogen and oxygen atoms in total. The van der Waals surface area contributed by atoms with Crippen molar-refractivity contribution in [1.82, 2.24) is 5.32 Å². The number of benzene rings is 1. The number of aliphatic carboxylic acids is 1. The van der Waals surface area contributed by atoms with Crippen LogP contribution in [0.3, 0.4) is 0 Å². The van der Waals surface area contributed by atoms with E-state index in [9.17, 15) is 14.7 Å². The number of carboxylic acid groups (broad SMARTS) is 1. The first-order chi connectivity index (χ1) is 11.0. The summed E-state index contributed by atoms with van der Waals surface area (Å²) in [6.45, 7) is 1.87. The standard InChI is InChI=1S/C18H19NO4.Na/c1-12(10-14-8-5-9-23-14)19-16(20)15-11-18(15,17(21)22)13-6-3-2-4-7-13;/h2-9,12,15H,10-11H2,1H3,(H,19,20)(H,21,22);/q;+1/p-1/t12?,15-,18+;/m0./s1. The number of rotatable bonds is 6. The second kappa shape index (κ2) is 7.55. The third kappa shape index (κ3) is 3.58. The van der Waals surface area contributed by atoms with Gasteiger partial charge in [-0.2, -0.15) is 0 Å². The van der Waals surface area contributed by atoms with Crippen LogP contribution in [0, 0.1) is 5.92 Å². The molecule has 0 spiro atoms. The topological polar surface area (TPSA) is 82.4 Å². The van der Waals surface area contributed by atoms with Crippen LogP contribution >= 0.6 is 0 Å². The molecule has 1 saturated carbocycles. The number of nitrogens with one attached hydrogen (secondary N) is 1. The first-order valence-electron chi connectivity index (χ1n) is 7.64. The van der Waals surface area contributed by atoms with Crippen molar-refractivity contribution in [2.45, 2.75) is 31.2 Å². The summed E-state index contributed by atoms with van der Waals surface area (Å²) in [4.78, 5) is 24.0. The predicted octanol–water partition coefficient (Wildman–Crippen LogP) is -1.96. The second-order valence-electron chi connectivity index (χ2n) is 6.07. The van der Waals surface area contributed by atoms with Gasteiger partial charge in [-0.3, -0.25) is 4.79 Å². The van der Waals surface area contributed by atoms with E-state index in [0.717, 1.165) is 5.76 Å². The van der Waals surface area contributed by atoms with Crippen molar-refractivity contribution in [3.8, 4) is 0 Å². The molecule has 1 unspecified atom stereocenters. The van der Waals surface area contributed by atoms with Crippen LogP contribution in [0.15, 0.2) is 53.1 Å². The molecule has 0 bridgehead atoms. The maximum Gasteiger partial charge on any atom is 1.00 e. The summed E-state index contributed by atoms with van der Waals surface area (Å²) in [5, 5.41) is 14.5. The number of furan rings is 1. The molecule has 3 atom stereocenters. The quantitative estimate of drug-likeness (QED) is 0.622. The molecule has 120 valence electrons. The third-order valence-electron chi connectivity index (χ3n) is 4.41. The zero-order chi connectivity index (χ0) is 16.4. The van der Waals surface area contributed by atoms with Gasteiger partial charge in [0.15, 0.2) is 0 Å². The summed E-state index contributed by atoms with van der Waals surface area (Å²) < 4.78 is 5.25. The van der Waals surface area contributed by atoms with Crippen LogP contribution in [0.4, 0.5) is 0 Å². The van der Waals surface area contributed by atoms with Crippen LogP contribution in [-0.2, 0) is 21.4 Å². The molecule has 1 heterocycles. The molecule has 1 amide bonds. The van der Waals surface area contributed by atoms with Gasteiger partial charge in [-0.15, -0.1) is 0 Å². The monoisotopic (exact) mass is 335 g/mol. The van der Waals surface area contributed by atoms with Gasteiger partial charge in [0.05, 0.1) is 18.2 Å². The van der Waals surface area contributed by atoms with Crippen molar-refractivity contribution >= 4 is 11.9 Å². The van der Waals surface area contributed by atoms with Crippen LogP contribution in [0.25, 0.3) is 0 Å². The van der Waals surface area contributed by atoms with Crippen LogP contribution in [0.5, 0.6) is 0 Å². The molecular weight excluding hydrogens is 317 g/mol. The molecule has 2 aromatic rings. The van der Waals surface area contributed by atoms with Gasteiger partial charge in [-0.05, 0) is 31.0 Å². The van der Waals surface area contributed by atoms with Crippen molar-refractivity contribution in [3.05, 3.63) is 60.1 Å². The Balaban J connectivity index is 0.00000208. The van der Waals surface area contributed by atoms with Crippen molar-refractivity contribution in [2.75, 3.05) is 0 Å². The molecule has 1 aromatic carbocycles. The zero-order valence-electron chi connectivity index (χ0n) is 13.8. The first-order valence-corrected chi connectivity index (χ1v) is 7.64. The van der Waals surface area contributed by atoms with Gasteiger partial charge in [0.25, 0.3) is 0 Å². The van der Waals surface area contributed by atoms with Gasteiger partial charge in [0, 0.05) is 17.9 Å². The normalized spacial score (nSPS) is 23.0. The van der Waals surface area contributed by atoms with Gasteiger partial charge in [0.1, 0.15) is 5.76 Å². The van der Waals surface area contributed by atoms with Gasteiger partial charge in [-0.1, -0.05) is 30.3 Å². The molecule has 6 heteroatoms. The van der Waals surface area contributed by atoms with Gasteiger partial charge in [-0.25, -0.2) is 0 Å². The summed E-state index contributed by atoms with van der Waals surface area (Å²) in [5.74, 6) is -1.25. The maximum absolute atomic E-state index is 12.4. The summed E-state index contributed by atoms with van der Waals surface area (Å²) in [6.07, 6.45) is 2.43. The van der Waals surface area contributed by atoms with E-state index >= 15 is 0 Å². The Hall–Kier alpha value is -1.56. The number of carbonyl (C=O) groups is 2. The van der Waals surface area contributed by atoms with Gasteiger partial charge >= 0.3 is 29.6 Å². The van der Waals surface area contributed by atoms with Crippen molar-refractivity contribution < 1.29 is 48.7 Å². The first kappa shape index (κ1) is 18.8. The predicted molar refractivity (Wildman–Crippen MR) is 81.3 cm³/mol. The maximum atomic E-state index is 12.4. The van der Waals surface area contributed by atoms with Gasteiger partial charge < -0.3 is 19.6 Å². The average Bonchev–Trinajstić information content (AvgIpc) is 3.12. The molecule has 0 radical (unpaired) electrons. The summed E-state index contributed by atoms with van der Waals surface area (Å²) >= 11 is 0. The third-order valence-corrected chi connectivity index (χ3v) is 4.41. The molecule has 1 N–H and O–H groups in total. The van der Waals surface area contributed by atoms with Crippen molar-refractivity contribution in [2.24, 2.45) is 5.92 Å². The minimum atomic E-state index is -1.20. The molecular formula is C18H18NNaO4. The molecule has 1 aliphatic carbocycles. The number of amides is 1. The number of hydrogen-bond acceptors (Lipinski definition) is 4. The molecule has 0 aliphatic heterocycles. The Kier molecular flexibility index (Phi) is 5.91. The van der Waals surface area contributed by atoms with Crippen LogP contribution in [0.2, 0.25) is 0 Å². The van der Waals surface area contributed by atoms with E-state index in [1.54, 1.807) is 36.6 Å². The summed E-state index contributed by atoms with van der Waals surface area (Å²) in [7, 11) is 0. The minimum absolute atomic E-state index is 0. The Labute approximate surface area is 162 Å². The molecule has 1 aromatic heterocycles. The van der Waals surface area contributed by atoms with Crippen LogP contribution < -0.4 is 40.0 Å². The van der Waals surface area contributed by atoms with E-state index in [4.69, 9.17) is 4.42 Å². The average molecular weight is 335 g/mol. The number of carbonyl (C=O) groups excluding carboxylic acids is 2. The van der Waals surface area contributed by atoms with Crippen LogP contribution in [-0.4, -0.2) is 17.9 Å². The van der Waals surface area contributed by atoms with E-state index < -0.39 is 17.3 Å². The van der Waals surface area contributed by atoms with Crippen molar-refractivity contribution in [3.63, 3.8) is 0 Å². The summed E-state index contributed by atoms with van der Waals surface area (Å²) in [6, 6.07) is 12.3. The number of hydrogen-bond donors (Lipinski definition) is 1. The van der Waals surface area contributed by atoms with E-state index in [0.29, 0.717) is 12.0 Å². The molecule has 24 heavy (non-hydrogen) atoms. The van der Waals surface area contributed by atoms with E-state index in [1.165, 1.54) is 0 Å². The molecule has 3 rings (SSSR count). The van der Waals surface area contributed by atoms with Gasteiger partial charge in [0.2, 0.25) is 5.91 Å². The Bertz CT molecular complexity index is 701. The van der Waals surface area contributed by atoms with E-state index in [2.05, 4.69) is 5.32 Å². The van der Waals surface area contributed by atoms with E-state index in [-0.39, 0.29) is 47.9 Å². The fourth-order valence-electron chi connectivity index (χ4n) is 3.10. The Morgan fingerprint density at radius 2 is 2.00 bits per heavy atom. The largest absolute Gasteiger partial charge is 1.00 e. The summed E-state index contributed by atoms with van der Waals surface area (Å²) in [5.41, 5.74) is -0.575. The minimum Gasteiger partial charge on any atom is -0.549 e. The molecule has 1 fully saturated rings. The van der Waals surface area contributed by atoms with Crippen LogP contribution in [0.1, 0.15) is 24.7 Å². The number of carboxylic acids is 1. The smallest absolute Gasteiger partial charge is 0.549 e. The Morgan fingerprint density at radius 3 is 2.58 bits per heavy atom. The fraction of sp³-hybridized carbons (Fsp3) is 0.333. The SMILES string of the molecule is CC(Cc1ccco1)NC(=O)[C@@H]1C[C@@]1(C(=O)[O-])c1ccccc1.[Na+]. The van der Waals surface area contributed by atoms with Crippen molar-refractivity contribution in [1.29, 1.82) is 0 Å². The molecule has 0 saturated heterocycles. The zero-order valence-corrected chi connectivity index (χ0v) is 15.8. The van der Waals surface area contributed by atoms with E-state index in [1.807, 2.05) is 19.1 Å². The molecule has 1 aliphatic rings.